The average Bonchev–Trinajstić information content (AvgIpc) is 2.81. The van der Waals surface area contributed by atoms with Crippen molar-refractivity contribution in [1.29, 1.82) is 0 Å². The molecule has 0 unspecified atom stereocenters. The lowest BCUT2D eigenvalue weighted by molar-refractivity contribution is -0.151. The van der Waals surface area contributed by atoms with E-state index in [-0.39, 0.29) is 5.92 Å². The second-order valence-electron chi connectivity index (χ2n) is 7.49. The van der Waals surface area contributed by atoms with Crippen LogP contribution in [0, 0.1) is 5.92 Å². The van der Waals surface area contributed by atoms with Crippen molar-refractivity contribution < 1.29 is 33.4 Å². The van der Waals surface area contributed by atoms with Crippen molar-refractivity contribution in [2.45, 2.75) is 26.8 Å². The van der Waals surface area contributed by atoms with E-state index < -0.39 is 36.5 Å². The predicted octanol–water partition coefficient (Wildman–Crippen LogP) is 2.74. The number of urea groups is 1. The summed E-state index contributed by atoms with van der Waals surface area (Å²) in [5.41, 5.74) is 0.787. The zero-order chi connectivity index (χ0) is 25.1. The maximum Gasteiger partial charge on any atom is 0.329 e. The Labute approximate surface area is 198 Å². The van der Waals surface area contributed by atoms with E-state index in [2.05, 4.69) is 16.0 Å². The van der Waals surface area contributed by atoms with Gasteiger partial charge >= 0.3 is 12.0 Å². The molecule has 10 heteroatoms. The van der Waals surface area contributed by atoms with Gasteiger partial charge in [0.15, 0.2) is 6.61 Å². The molecule has 0 spiro atoms. The van der Waals surface area contributed by atoms with E-state index in [1.807, 2.05) is 6.92 Å². The Kier molecular flexibility index (Phi) is 9.88. The van der Waals surface area contributed by atoms with Crippen LogP contribution in [0.25, 0.3) is 0 Å². The van der Waals surface area contributed by atoms with E-state index >= 15 is 0 Å². The molecule has 0 radical (unpaired) electrons. The van der Waals surface area contributed by atoms with Crippen LogP contribution in [0.2, 0.25) is 0 Å². The summed E-state index contributed by atoms with van der Waals surface area (Å²) >= 11 is 0. The zero-order valence-electron chi connectivity index (χ0n) is 19.5. The maximum atomic E-state index is 12.5. The van der Waals surface area contributed by atoms with Gasteiger partial charge < -0.3 is 24.8 Å². The summed E-state index contributed by atoms with van der Waals surface area (Å²) in [6, 6.07) is 11.2. The Hall–Kier alpha value is -4.08. The molecule has 0 aromatic heterocycles. The van der Waals surface area contributed by atoms with Gasteiger partial charge in [-0.25, -0.2) is 9.59 Å². The predicted molar refractivity (Wildman–Crippen MR) is 125 cm³/mol. The number of hydrogen-bond donors (Lipinski definition) is 3. The molecule has 0 saturated heterocycles. The lowest BCUT2D eigenvalue weighted by atomic mass is 10.0. The van der Waals surface area contributed by atoms with Gasteiger partial charge in [-0.1, -0.05) is 13.8 Å². The van der Waals surface area contributed by atoms with Crippen molar-refractivity contribution in [3.63, 3.8) is 0 Å². The number of imide groups is 1. The number of anilines is 1. The van der Waals surface area contributed by atoms with E-state index in [4.69, 9.17) is 14.2 Å². The molecule has 0 heterocycles. The quantitative estimate of drug-likeness (QED) is 0.454. The highest BCUT2D eigenvalue weighted by molar-refractivity contribution is 6.02. The number of hydrogen-bond acceptors (Lipinski definition) is 7. The molecule has 0 aliphatic rings. The number of esters is 1. The number of rotatable bonds is 10. The van der Waals surface area contributed by atoms with E-state index in [1.165, 1.54) is 7.11 Å². The molecular weight excluding hydrogens is 442 g/mol. The fraction of sp³-hybridized carbons (Fsp3) is 0.333. The number of carbonyl (C=O) groups is 4. The molecule has 2 aromatic carbocycles. The van der Waals surface area contributed by atoms with Gasteiger partial charge in [0, 0.05) is 11.3 Å². The highest BCUT2D eigenvalue weighted by Crippen LogP contribution is 2.15. The zero-order valence-corrected chi connectivity index (χ0v) is 19.5. The van der Waals surface area contributed by atoms with Crippen LogP contribution in [0.5, 0.6) is 11.5 Å². The number of methoxy groups -OCH3 is 1. The van der Waals surface area contributed by atoms with Crippen LogP contribution in [0.1, 0.15) is 31.1 Å². The van der Waals surface area contributed by atoms with Crippen molar-refractivity contribution in [3.05, 3.63) is 54.1 Å². The normalized spacial score (nSPS) is 11.2. The third kappa shape index (κ3) is 8.12. The van der Waals surface area contributed by atoms with Crippen molar-refractivity contribution >= 4 is 29.5 Å². The molecule has 2 rings (SSSR count). The minimum Gasteiger partial charge on any atom is -0.497 e. The van der Waals surface area contributed by atoms with Gasteiger partial charge in [0.1, 0.15) is 17.5 Å². The summed E-state index contributed by atoms with van der Waals surface area (Å²) in [6.07, 6.45) is 0. The molecule has 1 atom stereocenters. The fourth-order valence-electron chi connectivity index (χ4n) is 2.82. The molecule has 0 aliphatic carbocycles. The second kappa shape index (κ2) is 12.8. The summed E-state index contributed by atoms with van der Waals surface area (Å²) in [4.78, 5) is 49.0. The summed E-state index contributed by atoms with van der Waals surface area (Å²) in [6.45, 7) is 5.13. The number of ether oxygens (including phenoxy) is 3. The topological polar surface area (TPSA) is 132 Å². The Morgan fingerprint density at radius 3 is 2.09 bits per heavy atom. The maximum absolute atomic E-state index is 12.5. The number of benzene rings is 2. The van der Waals surface area contributed by atoms with Crippen molar-refractivity contribution in [1.82, 2.24) is 10.6 Å². The Morgan fingerprint density at radius 1 is 0.912 bits per heavy atom. The first-order valence-electron chi connectivity index (χ1n) is 10.7. The summed E-state index contributed by atoms with van der Waals surface area (Å²) < 4.78 is 15.4. The highest BCUT2D eigenvalue weighted by Gasteiger charge is 2.27. The second-order valence-corrected chi connectivity index (χ2v) is 7.49. The van der Waals surface area contributed by atoms with E-state index in [0.29, 0.717) is 29.4 Å². The standard InChI is InChI=1S/C24H29N3O7/c1-5-33-19-10-6-16(7-11-19)22(29)27-21(15(2)3)23(30)34-14-20(28)26-24(31)25-17-8-12-18(32-4)13-9-17/h6-13,15,21H,5,14H2,1-4H3,(H,27,29)(H2,25,26,28,31)/t21-/m0/s1. The minimum atomic E-state index is -0.986. The smallest absolute Gasteiger partial charge is 0.329 e. The summed E-state index contributed by atoms with van der Waals surface area (Å²) in [5.74, 6) is -1.15. The van der Waals surface area contributed by atoms with Gasteiger partial charge in [0.25, 0.3) is 11.8 Å². The van der Waals surface area contributed by atoms with Gasteiger partial charge in [-0.3, -0.25) is 14.9 Å². The molecule has 4 amide bonds. The Balaban J connectivity index is 1.85. The lowest BCUT2D eigenvalue weighted by Crippen LogP contribution is -2.46. The van der Waals surface area contributed by atoms with Crippen molar-refractivity contribution in [3.8, 4) is 11.5 Å². The van der Waals surface area contributed by atoms with Crippen molar-refractivity contribution in [2.24, 2.45) is 5.92 Å². The molecule has 2 aromatic rings. The molecule has 0 saturated carbocycles. The molecule has 3 N–H and O–H groups in total. The summed E-state index contributed by atoms with van der Waals surface area (Å²) in [5, 5.41) is 7.16. The van der Waals surface area contributed by atoms with Gasteiger partial charge in [0.05, 0.1) is 13.7 Å². The third-order valence-corrected chi connectivity index (χ3v) is 4.58. The SMILES string of the molecule is CCOc1ccc(C(=O)N[C@H](C(=O)OCC(=O)NC(=O)Nc2ccc(OC)cc2)C(C)C)cc1. The van der Waals surface area contributed by atoms with Gasteiger partial charge in [0.2, 0.25) is 0 Å². The Morgan fingerprint density at radius 2 is 1.53 bits per heavy atom. The van der Waals surface area contributed by atoms with Crippen LogP contribution in [-0.4, -0.2) is 50.2 Å². The van der Waals surface area contributed by atoms with Crippen molar-refractivity contribution in [2.75, 3.05) is 25.6 Å². The molecule has 0 fully saturated rings. The molecular formula is C24H29N3O7. The van der Waals surface area contributed by atoms with Crippen LogP contribution in [0.3, 0.4) is 0 Å². The monoisotopic (exact) mass is 471 g/mol. The van der Waals surface area contributed by atoms with E-state index in [1.54, 1.807) is 62.4 Å². The molecule has 10 nitrogen and oxygen atoms in total. The Bertz CT molecular complexity index is 989. The molecule has 34 heavy (non-hydrogen) atoms. The van der Waals surface area contributed by atoms with Crippen LogP contribution in [0.4, 0.5) is 10.5 Å². The minimum absolute atomic E-state index is 0.305. The molecule has 182 valence electrons. The van der Waals surface area contributed by atoms with Crippen LogP contribution < -0.4 is 25.4 Å². The largest absolute Gasteiger partial charge is 0.497 e. The van der Waals surface area contributed by atoms with Gasteiger partial charge in [-0.2, -0.15) is 0 Å². The molecule has 0 aliphatic heterocycles. The van der Waals surface area contributed by atoms with Gasteiger partial charge in [-0.15, -0.1) is 0 Å². The van der Waals surface area contributed by atoms with Crippen LogP contribution in [0.15, 0.2) is 48.5 Å². The third-order valence-electron chi connectivity index (χ3n) is 4.58. The fourth-order valence-corrected chi connectivity index (χ4v) is 2.82. The summed E-state index contributed by atoms with van der Waals surface area (Å²) in [7, 11) is 1.52. The van der Waals surface area contributed by atoms with E-state index in [0.717, 1.165) is 0 Å². The highest BCUT2D eigenvalue weighted by atomic mass is 16.5. The molecule has 0 bridgehead atoms. The van der Waals surface area contributed by atoms with E-state index in [9.17, 15) is 19.2 Å². The lowest BCUT2D eigenvalue weighted by Gasteiger charge is -2.20. The number of nitrogens with one attached hydrogen (secondary N) is 3. The average molecular weight is 472 g/mol. The first kappa shape index (κ1) is 26.2. The number of amides is 4. The number of carbonyl (C=O) groups excluding carboxylic acids is 4. The first-order chi connectivity index (χ1) is 16.2. The van der Waals surface area contributed by atoms with Crippen LogP contribution in [-0.2, 0) is 14.3 Å². The first-order valence-corrected chi connectivity index (χ1v) is 10.7. The van der Waals surface area contributed by atoms with Gasteiger partial charge in [-0.05, 0) is 61.4 Å². The van der Waals surface area contributed by atoms with Crippen LogP contribution >= 0.6 is 0 Å².